The molecule has 0 aromatic carbocycles. The molecule has 0 spiro atoms. The maximum Gasteiger partial charge on any atom is 0.303 e. The molecule has 18 heavy (non-hydrogen) atoms. The van der Waals surface area contributed by atoms with E-state index in [1.807, 2.05) is 0 Å². The second kappa shape index (κ2) is 5.16. The minimum atomic E-state index is -3.51. The van der Waals surface area contributed by atoms with Gasteiger partial charge in [-0.15, -0.1) is 0 Å². The third-order valence-electron chi connectivity index (χ3n) is 3.15. The Morgan fingerprint density at radius 2 is 1.61 bits per heavy atom. The van der Waals surface area contributed by atoms with E-state index in [4.69, 9.17) is 5.11 Å². The number of rotatable bonds is 8. The fourth-order valence-corrected chi connectivity index (χ4v) is 5.59. The molecule has 1 fully saturated rings. The molecule has 0 atom stereocenters. The second-order valence-electron chi connectivity index (χ2n) is 4.90. The molecule has 0 aromatic rings. The van der Waals surface area contributed by atoms with Crippen LogP contribution in [0.4, 0.5) is 0 Å². The van der Waals surface area contributed by atoms with E-state index in [2.05, 4.69) is 0 Å². The van der Waals surface area contributed by atoms with Crippen molar-refractivity contribution in [3.8, 4) is 0 Å². The van der Waals surface area contributed by atoms with E-state index in [1.54, 1.807) is 0 Å². The molecule has 1 N–H and O–H groups in total. The lowest BCUT2D eigenvalue weighted by Crippen LogP contribution is -2.26. The molecular formula is C10H18O6S2. The number of hydrogen-bond acceptors (Lipinski definition) is 5. The fourth-order valence-electron chi connectivity index (χ4n) is 1.81. The Kier molecular flexibility index (Phi) is 4.42. The highest BCUT2D eigenvalue weighted by Crippen LogP contribution is 2.49. The summed E-state index contributed by atoms with van der Waals surface area (Å²) < 4.78 is 46.0. The maximum atomic E-state index is 11.8. The van der Waals surface area contributed by atoms with Crippen LogP contribution in [-0.2, 0) is 24.5 Å². The Morgan fingerprint density at radius 1 is 1.11 bits per heavy atom. The summed E-state index contributed by atoms with van der Waals surface area (Å²) in [6, 6.07) is 0. The normalized spacial score (nSPS) is 18.5. The first-order valence-corrected chi connectivity index (χ1v) is 9.37. The molecular weight excluding hydrogens is 280 g/mol. The summed E-state index contributed by atoms with van der Waals surface area (Å²) in [5, 5.41) is 8.69. The highest BCUT2D eigenvalue weighted by Gasteiger charge is 2.47. The summed E-state index contributed by atoms with van der Waals surface area (Å²) in [6.07, 6.45) is 1.00. The van der Waals surface area contributed by atoms with Crippen molar-refractivity contribution in [2.75, 3.05) is 23.0 Å². The highest BCUT2D eigenvalue weighted by atomic mass is 32.2. The lowest BCUT2D eigenvalue weighted by atomic mass is 10.1. The molecule has 1 saturated carbocycles. The van der Waals surface area contributed by atoms with Crippen LogP contribution in [0.25, 0.3) is 0 Å². The van der Waals surface area contributed by atoms with Crippen molar-refractivity contribution >= 4 is 25.6 Å². The van der Waals surface area contributed by atoms with Gasteiger partial charge < -0.3 is 5.11 Å². The van der Waals surface area contributed by atoms with Gasteiger partial charge in [-0.1, -0.05) is 6.92 Å². The van der Waals surface area contributed by atoms with Crippen LogP contribution >= 0.6 is 0 Å². The van der Waals surface area contributed by atoms with Gasteiger partial charge in [-0.25, -0.2) is 16.8 Å². The minimum Gasteiger partial charge on any atom is -0.481 e. The van der Waals surface area contributed by atoms with E-state index in [-0.39, 0.29) is 23.7 Å². The summed E-state index contributed by atoms with van der Waals surface area (Å²) in [5.74, 6) is -2.10. The van der Waals surface area contributed by atoms with Crippen molar-refractivity contribution in [1.29, 1.82) is 0 Å². The van der Waals surface area contributed by atoms with Crippen LogP contribution in [0.2, 0.25) is 0 Å². The van der Waals surface area contributed by atoms with Crippen LogP contribution in [0.1, 0.15) is 26.2 Å². The fraction of sp³-hybridized carbons (Fsp3) is 0.900. The van der Waals surface area contributed by atoms with Crippen LogP contribution in [0.15, 0.2) is 0 Å². The predicted octanol–water partition coefficient (Wildman–Crippen LogP) is 0.0908. The first-order chi connectivity index (χ1) is 8.10. The standard InChI is InChI=1S/C10H18O6S2/c1-2-17(13,14)5-6-18(15,16)8-10(3-4-10)7-9(11)12/h2-8H2,1H3,(H,11,12). The quantitative estimate of drug-likeness (QED) is 0.681. The molecule has 8 heteroatoms. The summed E-state index contributed by atoms with van der Waals surface area (Å²) in [4.78, 5) is 10.6. The molecule has 106 valence electrons. The van der Waals surface area contributed by atoms with Gasteiger partial charge in [-0.3, -0.25) is 4.79 Å². The lowest BCUT2D eigenvalue weighted by Gasteiger charge is -2.12. The minimum absolute atomic E-state index is 0.0806. The molecule has 1 aliphatic carbocycles. The largest absolute Gasteiger partial charge is 0.481 e. The van der Waals surface area contributed by atoms with E-state index in [9.17, 15) is 21.6 Å². The summed E-state index contributed by atoms with van der Waals surface area (Å²) >= 11 is 0. The molecule has 1 aliphatic rings. The Hall–Kier alpha value is -0.630. The SMILES string of the molecule is CCS(=O)(=O)CCS(=O)(=O)CC1(CC(=O)O)CC1. The Morgan fingerprint density at radius 3 is 2.00 bits per heavy atom. The molecule has 0 amide bonds. The predicted molar refractivity (Wildman–Crippen MR) is 66.9 cm³/mol. The van der Waals surface area contributed by atoms with Crippen molar-refractivity contribution in [2.24, 2.45) is 5.41 Å². The zero-order valence-electron chi connectivity index (χ0n) is 10.3. The zero-order valence-corrected chi connectivity index (χ0v) is 11.9. The van der Waals surface area contributed by atoms with Crippen molar-refractivity contribution in [1.82, 2.24) is 0 Å². The maximum absolute atomic E-state index is 11.8. The smallest absolute Gasteiger partial charge is 0.303 e. The molecule has 1 rings (SSSR count). The molecule has 0 aliphatic heterocycles. The van der Waals surface area contributed by atoms with Gasteiger partial charge in [0.1, 0.15) is 0 Å². The number of sulfone groups is 2. The van der Waals surface area contributed by atoms with Gasteiger partial charge in [0.05, 0.1) is 23.7 Å². The van der Waals surface area contributed by atoms with Gasteiger partial charge in [0.2, 0.25) is 0 Å². The van der Waals surface area contributed by atoms with E-state index >= 15 is 0 Å². The van der Waals surface area contributed by atoms with Crippen molar-refractivity contribution in [3.63, 3.8) is 0 Å². The van der Waals surface area contributed by atoms with Crippen molar-refractivity contribution in [2.45, 2.75) is 26.2 Å². The average Bonchev–Trinajstić information content (AvgIpc) is 2.93. The topological polar surface area (TPSA) is 106 Å². The number of hydrogen-bond donors (Lipinski definition) is 1. The summed E-state index contributed by atoms with van der Waals surface area (Å²) in [6.45, 7) is 1.47. The Bertz CT molecular complexity index is 513. The van der Waals surface area contributed by atoms with Crippen LogP contribution < -0.4 is 0 Å². The van der Waals surface area contributed by atoms with Gasteiger partial charge in [0, 0.05) is 5.75 Å². The van der Waals surface area contributed by atoms with E-state index in [0.717, 1.165) is 0 Å². The third kappa shape index (κ3) is 4.93. The molecule has 6 nitrogen and oxygen atoms in total. The first kappa shape index (κ1) is 15.4. The second-order valence-corrected chi connectivity index (χ2v) is 9.56. The average molecular weight is 298 g/mol. The van der Waals surface area contributed by atoms with Crippen LogP contribution in [0, 0.1) is 5.41 Å². The molecule has 0 bridgehead atoms. The van der Waals surface area contributed by atoms with E-state index in [0.29, 0.717) is 12.8 Å². The van der Waals surface area contributed by atoms with Gasteiger partial charge in [-0.05, 0) is 18.3 Å². The van der Waals surface area contributed by atoms with Gasteiger partial charge >= 0.3 is 5.97 Å². The Labute approximate surface area is 107 Å². The number of aliphatic carboxylic acids is 1. The van der Waals surface area contributed by atoms with Gasteiger partial charge in [-0.2, -0.15) is 0 Å². The number of carboxylic acids is 1. The number of carbonyl (C=O) groups is 1. The first-order valence-electron chi connectivity index (χ1n) is 5.72. The van der Waals surface area contributed by atoms with Crippen LogP contribution in [0.5, 0.6) is 0 Å². The van der Waals surface area contributed by atoms with E-state index < -0.39 is 36.8 Å². The summed E-state index contributed by atoms with van der Waals surface area (Å²) in [5.41, 5.74) is -0.652. The monoisotopic (exact) mass is 298 g/mol. The highest BCUT2D eigenvalue weighted by molar-refractivity contribution is 7.95. The molecule has 0 aromatic heterocycles. The summed E-state index contributed by atoms with van der Waals surface area (Å²) in [7, 11) is -6.81. The zero-order chi connectivity index (χ0) is 14.0. The molecule has 0 saturated heterocycles. The molecule has 0 unspecified atom stereocenters. The van der Waals surface area contributed by atoms with E-state index in [1.165, 1.54) is 6.92 Å². The molecule has 0 radical (unpaired) electrons. The van der Waals surface area contributed by atoms with Gasteiger partial charge in [0.25, 0.3) is 0 Å². The number of carboxylic acid groups (broad SMARTS) is 1. The van der Waals surface area contributed by atoms with Crippen LogP contribution in [-0.4, -0.2) is 50.9 Å². The van der Waals surface area contributed by atoms with Gasteiger partial charge in [0.15, 0.2) is 19.7 Å². The Balaban J connectivity index is 2.58. The molecule has 0 heterocycles. The van der Waals surface area contributed by atoms with Crippen LogP contribution in [0.3, 0.4) is 0 Å². The van der Waals surface area contributed by atoms with Crippen molar-refractivity contribution < 1.29 is 26.7 Å². The van der Waals surface area contributed by atoms with Crippen molar-refractivity contribution in [3.05, 3.63) is 0 Å². The lowest BCUT2D eigenvalue weighted by molar-refractivity contribution is -0.138. The third-order valence-corrected chi connectivity index (χ3v) is 7.00.